The van der Waals surface area contributed by atoms with Crippen molar-refractivity contribution in [2.45, 2.75) is 6.17 Å². The van der Waals surface area contributed by atoms with E-state index in [2.05, 4.69) is 253 Å². The van der Waals surface area contributed by atoms with Crippen LogP contribution in [0.25, 0.3) is 103 Å². The van der Waals surface area contributed by atoms with Crippen LogP contribution >= 0.6 is 11.3 Å². The first-order chi connectivity index (χ1) is 34.7. The largest absolute Gasteiger partial charge is 0.344 e. The zero-order chi connectivity index (χ0) is 46.1. The van der Waals surface area contributed by atoms with Crippen molar-refractivity contribution >= 4 is 86.5 Å². The Labute approximate surface area is 408 Å². The van der Waals surface area contributed by atoms with Crippen molar-refractivity contribution in [3.8, 4) is 39.1 Å². The molecule has 3 heterocycles. The van der Waals surface area contributed by atoms with Crippen LogP contribution in [-0.4, -0.2) is 16.2 Å². The summed E-state index contributed by atoms with van der Waals surface area (Å²) in [6.07, 6.45) is -0.485. The normalized spacial score (nSPS) is 13.9. The number of aliphatic imine (C=N–C) groups is 2. The third-order valence-corrected chi connectivity index (χ3v) is 15.1. The summed E-state index contributed by atoms with van der Waals surface area (Å²) in [6, 6.07) is 87.8. The van der Waals surface area contributed by atoms with Crippen molar-refractivity contribution in [2.24, 2.45) is 9.98 Å². The summed E-state index contributed by atoms with van der Waals surface area (Å²) >= 11 is 1.86. The molecule has 2 aromatic heterocycles. The van der Waals surface area contributed by atoms with Gasteiger partial charge in [-0.1, -0.05) is 194 Å². The zero-order valence-electron chi connectivity index (χ0n) is 37.9. The Balaban J connectivity index is 1.01. The summed E-state index contributed by atoms with van der Waals surface area (Å²) in [5.41, 5.74) is 13.4. The molecule has 0 saturated carbocycles. The topological polar surface area (TPSA) is 41.7 Å². The van der Waals surface area contributed by atoms with Gasteiger partial charge in [0.1, 0.15) is 12.0 Å². The number of hydrogen-bond acceptors (Lipinski definition) is 4. The Morgan fingerprint density at radius 1 is 0.400 bits per heavy atom. The van der Waals surface area contributed by atoms with Gasteiger partial charge in [0.25, 0.3) is 0 Å². The highest BCUT2D eigenvalue weighted by Gasteiger charge is 2.27. The molecule has 5 heteroatoms. The molecule has 1 unspecified atom stereocenters. The summed E-state index contributed by atoms with van der Waals surface area (Å²) in [6.45, 7) is 0. The van der Waals surface area contributed by atoms with Gasteiger partial charge in [-0.15, -0.1) is 11.3 Å². The minimum absolute atomic E-state index is 0.485. The van der Waals surface area contributed by atoms with Crippen molar-refractivity contribution in [1.82, 2.24) is 9.88 Å². The fourth-order valence-electron chi connectivity index (χ4n) is 10.7. The van der Waals surface area contributed by atoms with Crippen LogP contribution in [0.4, 0.5) is 0 Å². The molecule has 0 saturated heterocycles. The minimum atomic E-state index is -0.485. The first-order valence-corrected chi connectivity index (χ1v) is 24.6. The maximum absolute atomic E-state index is 5.62. The maximum Gasteiger partial charge on any atom is 0.159 e. The van der Waals surface area contributed by atoms with Crippen LogP contribution < -0.4 is 5.32 Å². The molecule has 328 valence electrons. The van der Waals surface area contributed by atoms with Crippen LogP contribution in [-0.2, 0) is 0 Å². The number of rotatable bonds is 7. The predicted octanol–water partition coefficient (Wildman–Crippen LogP) is 17.0. The van der Waals surface area contributed by atoms with Crippen molar-refractivity contribution in [1.29, 1.82) is 0 Å². The van der Waals surface area contributed by atoms with Gasteiger partial charge >= 0.3 is 0 Å². The Hall–Kier alpha value is -8.90. The Morgan fingerprint density at radius 3 is 1.81 bits per heavy atom. The van der Waals surface area contributed by atoms with E-state index in [0.29, 0.717) is 5.84 Å². The number of aromatic nitrogens is 1. The number of fused-ring (bicyclic) bond motifs is 8. The molecule has 0 amide bonds. The van der Waals surface area contributed by atoms with Crippen LogP contribution in [0.3, 0.4) is 0 Å². The van der Waals surface area contributed by atoms with E-state index in [0.717, 1.165) is 44.9 Å². The standard InChI is InChI=1S/C65H42N4S/c1-3-16-41(17-4-1)42-30-32-43(33-31-42)45-23-15-24-49(36-45)64-66-63(44-18-5-2-6-19-44)67-65(68-64)53-35-34-50(69-57-28-13-11-26-52(57)55-37-46-20-7-8-21-47(46)38-58(55)69)40-56(53)61-51-25-10-9-22-48(51)39-60-62(61)54-27-12-14-29-59(54)70-60/h1-40,65H,(H,66,67,68). The van der Waals surface area contributed by atoms with Crippen molar-refractivity contribution in [2.75, 3.05) is 0 Å². The Kier molecular flexibility index (Phi) is 9.42. The second-order valence-corrected chi connectivity index (χ2v) is 19.2. The molecule has 1 N–H and O–H groups in total. The average molecular weight is 911 g/mol. The van der Waals surface area contributed by atoms with Crippen LogP contribution in [0.2, 0.25) is 0 Å². The van der Waals surface area contributed by atoms with E-state index < -0.39 is 6.17 Å². The van der Waals surface area contributed by atoms with Gasteiger partial charge in [0.05, 0.1) is 11.0 Å². The summed E-state index contributed by atoms with van der Waals surface area (Å²) < 4.78 is 4.98. The first-order valence-electron chi connectivity index (χ1n) is 23.8. The molecule has 0 bridgehead atoms. The fraction of sp³-hybridized carbons (Fsp3) is 0.0154. The van der Waals surface area contributed by atoms with Gasteiger partial charge in [0.2, 0.25) is 0 Å². The number of hydrogen-bond donors (Lipinski definition) is 1. The van der Waals surface area contributed by atoms with Crippen LogP contribution in [0.15, 0.2) is 253 Å². The highest BCUT2D eigenvalue weighted by Crippen LogP contribution is 2.47. The Morgan fingerprint density at radius 2 is 1.01 bits per heavy atom. The van der Waals surface area contributed by atoms with Gasteiger partial charge in [-0.2, -0.15) is 0 Å². The summed E-state index contributed by atoms with van der Waals surface area (Å²) in [4.78, 5) is 10.9. The van der Waals surface area contributed by atoms with E-state index >= 15 is 0 Å². The molecule has 0 radical (unpaired) electrons. The van der Waals surface area contributed by atoms with E-state index in [1.807, 2.05) is 11.3 Å². The third-order valence-electron chi connectivity index (χ3n) is 14.0. The van der Waals surface area contributed by atoms with Crippen molar-refractivity contribution < 1.29 is 0 Å². The lowest BCUT2D eigenvalue weighted by atomic mass is 9.89. The molecule has 13 aromatic rings. The smallest absolute Gasteiger partial charge is 0.159 e. The molecule has 4 nitrogen and oxygen atoms in total. The molecule has 0 fully saturated rings. The second kappa shape index (κ2) is 16.4. The predicted molar refractivity (Wildman–Crippen MR) is 297 cm³/mol. The summed E-state index contributed by atoms with van der Waals surface area (Å²) in [7, 11) is 0. The molecule has 0 aliphatic carbocycles. The lowest BCUT2D eigenvalue weighted by molar-refractivity contribution is 0.676. The van der Waals surface area contributed by atoms with Crippen LogP contribution in [0, 0.1) is 0 Å². The molecule has 1 aliphatic rings. The summed E-state index contributed by atoms with van der Waals surface area (Å²) in [5.74, 6) is 1.46. The van der Waals surface area contributed by atoms with Crippen LogP contribution in [0.1, 0.15) is 22.9 Å². The number of amidine groups is 2. The minimum Gasteiger partial charge on any atom is -0.344 e. The van der Waals surface area contributed by atoms with Gasteiger partial charge in [-0.3, -0.25) is 0 Å². The van der Waals surface area contributed by atoms with Gasteiger partial charge in [-0.25, -0.2) is 9.98 Å². The SMILES string of the molecule is c1ccc(C2=NC(c3cccc(-c4ccc(-c5ccccc5)cc4)c3)=NC(c3ccc(-n4c5ccccc5c5cc6ccccc6cc54)cc3-c3c4ccccc4cc4sc5ccccc5c34)N2)cc1. The molecular weight excluding hydrogens is 869 g/mol. The molecule has 0 spiro atoms. The lowest BCUT2D eigenvalue weighted by Gasteiger charge is -2.27. The quantitative estimate of drug-likeness (QED) is 0.170. The van der Waals surface area contributed by atoms with E-state index in [1.165, 1.54) is 80.2 Å². The number of nitrogens with zero attached hydrogens (tertiary/aromatic N) is 3. The number of nitrogens with one attached hydrogen (secondary N) is 1. The molecular formula is C65H42N4S. The first kappa shape index (κ1) is 40.2. The number of benzene rings is 11. The highest BCUT2D eigenvalue weighted by atomic mass is 32.1. The van der Waals surface area contributed by atoms with Gasteiger partial charge < -0.3 is 9.88 Å². The molecule has 1 aliphatic heterocycles. The fourth-order valence-corrected chi connectivity index (χ4v) is 11.9. The number of thiophene rings is 1. The van der Waals surface area contributed by atoms with Gasteiger partial charge in [0.15, 0.2) is 5.84 Å². The van der Waals surface area contributed by atoms with Gasteiger partial charge in [0, 0.05) is 53.3 Å². The zero-order valence-corrected chi connectivity index (χ0v) is 38.7. The van der Waals surface area contributed by atoms with Crippen LogP contribution in [0.5, 0.6) is 0 Å². The van der Waals surface area contributed by atoms with Crippen molar-refractivity contribution in [3.05, 3.63) is 259 Å². The van der Waals surface area contributed by atoms with E-state index in [4.69, 9.17) is 9.98 Å². The second-order valence-electron chi connectivity index (χ2n) is 18.1. The average Bonchev–Trinajstić information content (AvgIpc) is 3.97. The Bertz CT molecular complexity index is 4260. The molecule has 70 heavy (non-hydrogen) atoms. The van der Waals surface area contributed by atoms with Gasteiger partial charge in [-0.05, 0) is 103 Å². The maximum atomic E-state index is 5.62. The molecule has 14 rings (SSSR count). The molecule has 11 aromatic carbocycles. The van der Waals surface area contributed by atoms with E-state index in [1.54, 1.807) is 0 Å². The van der Waals surface area contributed by atoms with Crippen molar-refractivity contribution in [3.63, 3.8) is 0 Å². The van der Waals surface area contributed by atoms with E-state index in [9.17, 15) is 0 Å². The lowest BCUT2D eigenvalue weighted by Crippen LogP contribution is -2.33. The third kappa shape index (κ3) is 6.74. The van der Waals surface area contributed by atoms with E-state index in [-0.39, 0.29) is 0 Å². The molecule has 1 atom stereocenters. The summed E-state index contributed by atoms with van der Waals surface area (Å²) in [5, 5.41) is 13.7. The number of para-hydroxylation sites is 1. The highest BCUT2D eigenvalue weighted by molar-refractivity contribution is 7.26. The monoisotopic (exact) mass is 910 g/mol.